The van der Waals surface area contributed by atoms with Crippen LogP contribution in [0.3, 0.4) is 0 Å². The molecule has 0 atom stereocenters. The Bertz CT molecular complexity index is 582. The molecule has 1 amide bonds. The van der Waals surface area contributed by atoms with Crippen LogP contribution in [0.25, 0.3) is 10.2 Å². The zero-order chi connectivity index (χ0) is 13.1. The number of fused-ring (bicyclic) bond motifs is 1. The summed E-state index contributed by atoms with van der Waals surface area (Å²) in [4.78, 5) is 15.7. The molecule has 4 N–H and O–H groups in total. The minimum Gasteiger partial charge on any atom is -0.494 e. The average Bonchev–Trinajstić information content (AvgIpc) is 2.80. The Hall–Kier alpha value is -1.86. The molecule has 0 bridgehead atoms. The number of benzene rings is 1. The third kappa shape index (κ3) is 2.36. The van der Waals surface area contributed by atoms with Crippen molar-refractivity contribution in [3.05, 3.63) is 12.1 Å². The molecule has 1 aromatic heterocycles. The quantitative estimate of drug-likeness (QED) is 0.581. The van der Waals surface area contributed by atoms with E-state index in [0.29, 0.717) is 23.0 Å². The molecule has 0 saturated heterocycles. The molecule has 2 aromatic rings. The number of hydrazine groups is 1. The van der Waals surface area contributed by atoms with E-state index in [1.165, 1.54) is 11.3 Å². The van der Waals surface area contributed by atoms with Gasteiger partial charge in [0.15, 0.2) is 5.13 Å². The molecule has 0 fully saturated rings. The summed E-state index contributed by atoms with van der Waals surface area (Å²) in [6.45, 7) is 1.80. The third-order valence-corrected chi connectivity index (χ3v) is 3.34. The molecular weight excluding hydrogens is 252 g/mol. The smallest absolute Gasteiger partial charge is 0.224 e. The maximum atomic E-state index is 11.4. The Morgan fingerprint density at radius 2 is 2.33 bits per heavy atom. The highest BCUT2D eigenvalue weighted by Crippen LogP contribution is 2.35. The molecule has 18 heavy (non-hydrogen) atoms. The van der Waals surface area contributed by atoms with Crippen LogP contribution < -0.4 is 21.3 Å². The van der Waals surface area contributed by atoms with E-state index >= 15 is 0 Å². The number of thiazole rings is 1. The molecule has 6 nitrogen and oxygen atoms in total. The maximum Gasteiger partial charge on any atom is 0.224 e. The zero-order valence-electron chi connectivity index (χ0n) is 10.1. The predicted octanol–water partition coefficient (Wildman–Crippen LogP) is 1.94. The van der Waals surface area contributed by atoms with Gasteiger partial charge in [0.1, 0.15) is 11.3 Å². The topological polar surface area (TPSA) is 89.3 Å². The van der Waals surface area contributed by atoms with Crippen molar-refractivity contribution in [2.45, 2.75) is 13.3 Å². The number of hydrogen-bond acceptors (Lipinski definition) is 6. The Kier molecular flexibility index (Phi) is 3.63. The van der Waals surface area contributed by atoms with Gasteiger partial charge in [-0.05, 0) is 6.07 Å². The summed E-state index contributed by atoms with van der Waals surface area (Å²) >= 11 is 1.40. The number of rotatable bonds is 4. The first-order valence-electron chi connectivity index (χ1n) is 5.43. The van der Waals surface area contributed by atoms with E-state index in [2.05, 4.69) is 15.7 Å². The number of amides is 1. The predicted molar refractivity (Wildman–Crippen MR) is 72.9 cm³/mol. The largest absolute Gasteiger partial charge is 0.494 e. The van der Waals surface area contributed by atoms with E-state index in [0.717, 1.165) is 10.2 Å². The fourth-order valence-corrected chi connectivity index (χ4v) is 2.37. The lowest BCUT2D eigenvalue weighted by Crippen LogP contribution is -2.09. The maximum absolute atomic E-state index is 11.4. The van der Waals surface area contributed by atoms with Gasteiger partial charge in [0.25, 0.3) is 0 Å². The van der Waals surface area contributed by atoms with Crippen LogP contribution in [-0.4, -0.2) is 18.0 Å². The number of nitrogen functional groups attached to an aromatic ring is 1. The Morgan fingerprint density at radius 3 is 2.94 bits per heavy atom. The van der Waals surface area contributed by atoms with Gasteiger partial charge in [-0.15, -0.1) is 0 Å². The van der Waals surface area contributed by atoms with Crippen molar-refractivity contribution < 1.29 is 9.53 Å². The van der Waals surface area contributed by atoms with Crippen molar-refractivity contribution in [2.24, 2.45) is 5.84 Å². The van der Waals surface area contributed by atoms with Crippen LogP contribution in [0, 0.1) is 0 Å². The highest BCUT2D eigenvalue weighted by atomic mass is 32.1. The number of aromatic nitrogens is 1. The molecule has 7 heteroatoms. The first-order valence-corrected chi connectivity index (χ1v) is 6.24. The van der Waals surface area contributed by atoms with Crippen LogP contribution in [-0.2, 0) is 4.79 Å². The minimum absolute atomic E-state index is 0.0434. The summed E-state index contributed by atoms with van der Waals surface area (Å²) in [5.74, 6) is 5.90. The van der Waals surface area contributed by atoms with E-state index in [1.54, 1.807) is 20.1 Å². The molecule has 1 aromatic carbocycles. The molecule has 0 aliphatic rings. The Balaban J connectivity index is 2.47. The van der Waals surface area contributed by atoms with Crippen LogP contribution in [0.15, 0.2) is 12.1 Å². The van der Waals surface area contributed by atoms with Crippen molar-refractivity contribution >= 4 is 38.3 Å². The molecule has 2 rings (SSSR count). The highest BCUT2D eigenvalue weighted by Gasteiger charge is 2.11. The summed E-state index contributed by atoms with van der Waals surface area (Å²) < 4.78 is 6.16. The van der Waals surface area contributed by atoms with E-state index in [4.69, 9.17) is 10.6 Å². The molecule has 0 saturated carbocycles. The summed E-state index contributed by atoms with van der Waals surface area (Å²) in [5.41, 5.74) is 3.92. The van der Waals surface area contributed by atoms with E-state index < -0.39 is 0 Å². The molecule has 0 aliphatic carbocycles. The van der Waals surface area contributed by atoms with E-state index in [-0.39, 0.29) is 5.91 Å². The van der Waals surface area contributed by atoms with Crippen molar-refractivity contribution in [2.75, 3.05) is 17.9 Å². The van der Waals surface area contributed by atoms with Crippen molar-refractivity contribution in [3.63, 3.8) is 0 Å². The van der Waals surface area contributed by atoms with Crippen LogP contribution in [0.1, 0.15) is 13.3 Å². The van der Waals surface area contributed by atoms with Gasteiger partial charge in [-0.2, -0.15) is 0 Å². The number of nitrogens with one attached hydrogen (secondary N) is 2. The number of carbonyl (C=O) groups excluding carboxylic acids is 1. The zero-order valence-corrected chi connectivity index (χ0v) is 10.9. The van der Waals surface area contributed by atoms with Crippen LogP contribution in [0.2, 0.25) is 0 Å². The minimum atomic E-state index is -0.0434. The van der Waals surface area contributed by atoms with E-state index in [1.807, 2.05) is 6.07 Å². The number of nitrogens with two attached hydrogens (primary N) is 1. The van der Waals surface area contributed by atoms with E-state index in [9.17, 15) is 4.79 Å². The summed E-state index contributed by atoms with van der Waals surface area (Å²) in [5, 5.41) is 3.39. The number of methoxy groups -OCH3 is 1. The summed E-state index contributed by atoms with van der Waals surface area (Å²) in [6, 6.07) is 3.60. The molecular formula is C11H14N4O2S. The Morgan fingerprint density at radius 1 is 1.56 bits per heavy atom. The third-order valence-electron chi connectivity index (χ3n) is 2.41. The van der Waals surface area contributed by atoms with Gasteiger partial charge in [0, 0.05) is 18.2 Å². The average molecular weight is 266 g/mol. The molecule has 0 spiro atoms. The van der Waals surface area contributed by atoms with Gasteiger partial charge in [0.05, 0.1) is 11.8 Å². The summed E-state index contributed by atoms with van der Waals surface area (Å²) in [7, 11) is 1.56. The molecule has 0 radical (unpaired) electrons. The SMILES string of the molecule is CCC(=O)Nc1cc(OC)c2nc(NN)sc2c1. The Labute approximate surface area is 108 Å². The lowest BCUT2D eigenvalue weighted by molar-refractivity contribution is -0.115. The van der Waals surface area contributed by atoms with Gasteiger partial charge in [0.2, 0.25) is 5.91 Å². The first kappa shape index (κ1) is 12.6. The number of anilines is 2. The van der Waals surface area contributed by atoms with Crippen molar-refractivity contribution in [3.8, 4) is 5.75 Å². The second kappa shape index (κ2) is 5.19. The second-order valence-corrected chi connectivity index (χ2v) is 4.62. The molecule has 0 unspecified atom stereocenters. The van der Waals surface area contributed by atoms with Crippen LogP contribution in [0.4, 0.5) is 10.8 Å². The van der Waals surface area contributed by atoms with Gasteiger partial charge < -0.3 is 10.1 Å². The lowest BCUT2D eigenvalue weighted by Gasteiger charge is -2.06. The monoisotopic (exact) mass is 266 g/mol. The number of nitrogens with zero attached hydrogens (tertiary/aromatic N) is 1. The van der Waals surface area contributed by atoms with Gasteiger partial charge in [-0.3, -0.25) is 10.2 Å². The lowest BCUT2D eigenvalue weighted by atomic mass is 10.2. The molecule has 1 heterocycles. The fraction of sp³-hybridized carbons (Fsp3) is 0.273. The van der Waals surface area contributed by atoms with Crippen molar-refractivity contribution in [1.29, 1.82) is 0 Å². The number of ether oxygens (including phenoxy) is 1. The van der Waals surface area contributed by atoms with Gasteiger partial charge >= 0.3 is 0 Å². The van der Waals surface area contributed by atoms with Gasteiger partial charge in [-0.1, -0.05) is 18.3 Å². The highest BCUT2D eigenvalue weighted by molar-refractivity contribution is 7.22. The van der Waals surface area contributed by atoms with Crippen molar-refractivity contribution in [1.82, 2.24) is 4.98 Å². The standard InChI is InChI=1S/C11H14N4O2S/c1-3-9(16)13-6-4-7(17-2)10-8(5-6)18-11(14-10)15-12/h4-5H,3,12H2,1-2H3,(H,13,16)(H,14,15). The second-order valence-electron chi connectivity index (χ2n) is 3.59. The number of carbonyl (C=O) groups is 1. The molecule has 96 valence electrons. The normalized spacial score (nSPS) is 10.4. The van der Waals surface area contributed by atoms with Gasteiger partial charge in [-0.25, -0.2) is 10.8 Å². The van der Waals surface area contributed by atoms with Crippen LogP contribution in [0.5, 0.6) is 5.75 Å². The number of hydrogen-bond donors (Lipinski definition) is 3. The summed E-state index contributed by atoms with van der Waals surface area (Å²) in [6.07, 6.45) is 0.429. The molecule has 0 aliphatic heterocycles. The first-order chi connectivity index (χ1) is 8.67. The fourth-order valence-electron chi connectivity index (χ4n) is 1.54. The van der Waals surface area contributed by atoms with Crippen LogP contribution >= 0.6 is 11.3 Å².